The highest BCUT2D eigenvalue weighted by atomic mass is 32.1. The lowest BCUT2D eigenvalue weighted by Crippen LogP contribution is -2.09. The van der Waals surface area contributed by atoms with E-state index in [2.05, 4.69) is 15.0 Å². The van der Waals surface area contributed by atoms with Crippen LogP contribution in [-0.2, 0) is 6.18 Å². The molecule has 3 heterocycles. The number of carbonyl (C=O) groups excluding carboxylic acids is 1. The van der Waals surface area contributed by atoms with E-state index in [1.165, 1.54) is 55.9 Å². The summed E-state index contributed by atoms with van der Waals surface area (Å²) in [5.41, 5.74) is 11.5. The highest BCUT2D eigenvalue weighted by Gasteiger charge is 2.33. The van der Waals surface area contributed by atoms with Gasteiger partial charge in [0.05, 0.1) is 16.9 Å². The molecule has 5 rings (SSSR count). The summed E-state index contributed by atoms with van der Waals surface area (Å²) in [6, 6.07) is 12.9. The number of rotatable bonds is 2. The van der Waals surface area contributed by atoms with Gasteiger partial charge in [-0.3, -0.25) is 9.78 Å². The zero-order valence-electron chi connectivity index (χ0n) is 19.9. The van der Waals surface area contributed by atoms with Crippen LogP contribution in [0.25, 0.3) is 21.6 Å². The number of primary amides is 1. The number of thiazole rings is 1. The van der Waals surface area contributed by atoms with Crippen molar-refractivity contribution in [3.63, 3.8) is 0 Å². The fourth-order valence-corrected chi connectivity index (χ4v) is 4.53. The van der Waals surface area contributed by atoms with Gasteiger partial charge in [-0.05, 0) is 31.2 Å². The number of nitrogens with zero attached hydrogens (tertiary/aromatic N) is 3. The second-order valence-electron chi connectivity index (χ2n) is 8.25. The summed E-state index contributed by atoms with van der Waals surface area (Å²) in [5, 5.41) is 1.26. The Labute approximate surface area is 211 Å². The Morgan fingerprint density at radius 1 is 0.944 bits per heavy atom. The standard InChI is InChI=1S/C10H7F3N2.C10H9N3OS.C6H12/c11-10(12,13)9-5-7(14)6-3-1-2-4-8(6)15-9;1-6-8(9(11)14)15-10(13-6)7-4-2-3-5-12-7;1-2-4-6-5-3-1/h1-5H,(H2,14,15);2-5H,1H3,(H2,11,14);1-6H2. The summed E-state index contributed by atoms with van der Waals surface area (Å²) in [5.74, 6) is -0.438. The van der Waals surface area contributed by atoms with E-state index >= 15 is 0 Å². The quantitative estimate of drug-likeness (QED) is 0.306. The van der Waals surface area contributed by atoms with E-state index in [0.717, 1.165) is 16.8 Å². The molecule has 0 aliphatic heterocycles. The molecule has 6 nitrogen and oxygen atoms in total. The molecule has 36 heavy (non-hydrogen) atoms. The normalized spacial score (nSPS) is 13.2. The van der Waals surface area contributed by atoms with Gasteiger partial charge in [0.15, 0.2) is 0 Å². The van der Waals surface area contributed by atoms with Gasteiger partial charge in [-0.15, -0.1) is 11.3 Å². The Morgan fingerprint density at radius 2 is 1.56 bits per heavy atom. The van der Waals surface area contributed by atoms with Crippen LogP contribution in [0, 0.1) is 6.92 Å². The van der Waals surface area contributed by atoms with Gasteiger partial charge in [0.2, 0.25) is 0 Å². The number of halogens is 3. The van der Waals surface area contributed by atoms with Crippen molar-refractivity contribution in [3.8, 4) is 10.7 Å². The summed E-state index contributed by atoms with van der Waals surface area (Å²) in [7, 11) is 0. The molecular weight excluding hydrogens is 487 g/mol. The molecule has 10 heteroatoms. The van der Waals surface area contributed by atoms with Gasteiger partial charge in [-0.25, -0.2) is 9.97 Å². The molecule has 1 aliphatic carbocycles. The molecule has 1 saturated carbocycles. The number of aromatic nitrogens is 3. The molecule has 0 atom stereocenters. The second-order valence-corrected chi connectivity index (χ2v) is 9.24. The molecule has 190 valence electrons. The summed E-state index contributed by atoms with van der Waals surface area (Å²) in [6.07, 6.45) is 6.23. The number of carbonyl (C=O) groups is 1. The van der Waals surface area contributed by atoms with Crippen LogP contribution in [0.1, 0.15) is 59.6 Å². The third-order valence-electron chi connectivity index (χ3n) is 5.44. The zero-order valence-corrected chi connectivity index (χ0v) is 20.7. The van der Waals surface area contributed by atoms with Crippen LogP contribution < -0.4 is 11.5 Å². The first-order valence-electron chi connectivity index (χ1n) is 11.6. The van der Waals surface area contributed by atoms with Gasteiger partial charge in [0.1, 0.15) is 15.6 Å². The predicted octanol–water partition coefficient (Wildman–Crippen LogP) is 6.79. The molecule has 0 spiro atoms. The Hall–Kier alpha value is -3.53. The molecule has 0 saturated heterocycles. The minimum absolute atomic E-state index is 0.0907. The minimum Gasteiger partial charge on any atom is -0.398 e. The maximum Gasteiger partial charge on any atom is 0.433 e. The largest absolute Gasteiger partial charge is 0.433 e. The molecule has 1 amide bonds. The zero-order chi connectivity index (χ0) is 26.1. The number of amides is 1. The molecule has 4 N–H and O–H groups in total. The fourth-order valence-electron chi connectivity index (χ4n) is 3.63. The number of benzene rings is 1. The van der Waals surface area contributed by atoms with Crippen LogP contribution >= 0.6 is 11.3 Å². The second kappa shape index (κ2) is 12.4. The molecule has 4 aromatic rings. The Balaban J connectivity index is 0.000000164. The number of alkyl halides is 3. The predicted molar refractivity (Wildman–Crippen MR) is 137 cm³/mol. The summed E-state index contributed by atoms with van der Waals surface area (Å²) < 4.78 is 37.1. The van der Waals surface area contributed by atoms with Crippen molar-refractivity contribution < 1.29 is 18.0 Å². The third-order valence-corrected chi connectivity index (χ3v) is 6.64. The summed E-state index contributed by atoms with van der Waals surface area (Å²) >= 11 is 1.27. The first-order chi connectivity index (χ1) is 17.2. The average molecular weight is 516 g/mol. The highest BCUT2D eigenvalue weighted by Crippen LogP contribution is 2.31. The van der Waals surface area contributed by atoms with Gasteiger partial charge in [-0.1, -0.05) is 62.8 Å². The van der Waals surface area contributed by atoms with Crippen molar-refractivity contribution in [2.75, 3.05) is 5.73 Å². The van der Waals surface area contributed by atoms with Crippen molar-refractivity contribution in [1.29, 1.82) is 0 Å². The van der Waals surface area contributed by atoms with E-state index < -0.39 is 17.8 Å². The molecule has 3 aromatic heterocycles. The topological polar surface area (TPSA) is 108 Å². The van der Waals surface area contributed by atoms with Crippen molar-refractivity contribution in [2.24, 2.45) is 5.73 Å². The lowest BCUT2D eigenvalue weighted by Gasteiger charge is -2.08. The van der Waals surface area contributed by atoms with E-state index in [-0.39, 0.29) is 11.2 Å². The van der Waals surface area contributed by atoms with Crippen LogP contribution in [0.5, 0.6) is 0 Å². The summed E-state index contributed by atoms with van der Waals surface area (Å²) in [4.78, 5) is 23.5. The molecule has 0 radical (unpaired) electrons. The van der Waals surface area contributed by atoms with Crippen molar-refractivity contribution in [3.05, 3.63) is 71.0 Å². The first-order valence-corrected chi connectivity index (χ1v) is 12.4. The van der Waals surface area contributed by atoms with Crippen LogP contribution in [0.15, 0.2) is 54.7 Å². The minimum atomic E-state index is -4.46. The maximum atomic E-state index is 12.4. The fraction of sp³-hybridized carbons (Fsp3) is 0.308. The molecule has 0 unspecified atom stereocenters. The lowest BCUT2D eigenvalue weighted by atomic mass is 10.0. The van der Waals surface area contributed by atoms with Crippen LogP contribution in [0.3, 0.4) is 0 Å². The highest BCUT2D eigenvalue weighted by molar-refractivity contribution is 7.17. The van der Waals surface area contributed by atoms with Crippen molar-refractivity contribution in [1.82, 2.24) is 15.0 Å². The van der Waals surface area contributed by atoms with Gasteiger partial charge in [0, 0.05) is 17.3 Å². The van der Waals surface area contributed by atoms with E-state index in [0.29, 0.717) is 16.0 Å². The number of hydrogen-bond acceptors (Lipinski definition) is 6. The number of fused-ring (bicyclic) bond motifs is 1. The molecular formula is C26H28F3N5OS. The maximum absolute atomic E-state index is 12.4. The van der Waals surface area contributed by atoms with Crippen LogP contribution in [-0.4, -0.2) is 20.9 Å². The smallest absolute Gasteiger partial charge is 0.398 e. The molecule has 0 bridgehead atoms. The Bertz CT molecular complexity index is 1280. The van der Waals surface area contributed by atoms with E-state index in [1.807, 2.05) is 18.2 Å². The van der Waals surface area contributed by atoms with Crippen molar-refractivity contribution in [2.45, 2.75) is 51.6 Å². The summed E-state index contributed by atoms with van der Waals surface area (Å²) in [6.45, 7) is 1.77. The van der Waals surface area contributed by atoms with E-state index in [9.17, 15) is 18.0 Å². The number of nitrogens with two attached hydrogens (primary N) is 2. The average Bonchev–Trinajstić information content (AvgIpc) is 3.28. The number of hydrogen-bond donors (Lipinski definition) is 2. The van der Waals surface area contributed by atoms with Gasteiger partial charge < -0.3 is 11.5 Å². The lowest BCUT2D eigenvalue weighted by molar-refractivity contribution is -0.140. The van der Waals surface area contributed by atoms with Crippen LogP contribution in [0.4, 0.5) is 18.9 Å². The molecule has 1 aromatic carbocycles. The Kier molecular flexibility index (Phi) is 9.35. The molecule has 1 fully saturated rings. The SMILES string of the molecule is C1CCCCC1.Cc1nc(-c2ccccn2)sc1C(N)=O.Nc1cc(C(F)(F)F)nc2ccccc12. The van der Waals surface area contributed by atoms with E-state index in [4.69, 9.17) is 11.5 Å². The van der Waals surface area contributed by atoms with Gasteiger partial charge in [0.25, 0.3) is 5.91 Å². The van der Waals surface area contributed by atoms with Gasteiger partial charge >= 0.3 is 6.18 Å². The van der Waals surface area contributed by atoms with Crippen LogP contribution in [0.2, 0.25) is 0 Å². The van der Waals surface area contributed by atoms with E-state index in [1.54, 1.807) is 31.3 Å². The number of aryl methyl sites for hydroxylation is 1. The molecule has 1 aliphatic rings. The third kappa shape index (κ3) is 7.48. The number of anilines is 1. The van der Waals surface area contributed by atoms with Crippen molar-refractivity contribution >= 4 is 33.8 Å². The Morgan fingerprint density at radius 3 is 2.08 bits per heavy atom. The number of pyridine rings is 2. The number of nitrogen functional groups attached to an aromatic ring is 1. The first kappa shape index (κ1) is 27.1. The monoisotopic (exact) mass is 515 g/mol. The van der Waals surface area contributed by atoms with Gasteiger partial charge in [-0.2, -0.15) is 13.2 Å². The number of para-hydroxylation sites is 1.